The largest absolute Gasteiger partial charge is 0.496 e. The Balaban J connectivity index is 2.17. The summed E-state index contributed by atoms with van der Waals surface area (Å²) in [6.45, 7) is 1.08. The molecule has 0 bridgehead atoms. The molecule has 0 fully saturated rings. The van der Waals surface area contributed by atoms with Crippen LogP contribution in [0.3, 0.4) is 0 Å². The molecule has 1 aromatic heterocycles. The number of carbonyl (C=O) groups is 1. The molecule has 0 saturated carbocycles. The Bertz CT molecular complexity index is 1410. The summed E-state index contributed by atoms with van der Waals surface area (Å²) in [5.41, 5.74) is -1.18. The van der Waals surface area contributed by atoms with Gasteiger partial charge in [0, 0.05) is 16.1 Å². The van der Waals surface area contributed by atoms with Gasteiger partial charge in [-0.05, 0) is 41.1 Å². The van der Waals surface area contributed by atoms with Crippen LogP contribution in [-0.4, -0.2) is 22.1 Å². The van der Waals surface area contributed by atoms with Gasteiger partial charge in [-0.2, -0.15) is 0 Å². The number of aromatic amines is 1. The number of nitrogens with one attached hydrogen (secondary N) is 1. The molecule has 14 heteroatoms. The Morgan fingerprint density at radius 2 is 1.82 bits per heavy atom. The van der Waals surface area contributed by atoms with Crippen LogP contribution in [0.25, 0.3) is 10.9 Å². The molecule has 0 saturated heterocycles. The number of ether oxygens (including phenoxy) is 1. The monoisotopic (exact) mass is 593 g/mol. The average Bonchev–Trinajstić information content (AvgIpc) is 2.68. The zero-order chi connectivity index (χ0) is 25.0. The van der Waals surface area contributed by atoms with Crippen LogP contribution in [-0.2, 0) is 16.6 Å². The number of ketones is 1. The number of aromatic nitrogens is 1. The van der Waals surface area contributed by atoms with E-state index < -0.39 is 54.2 Å². The first kappa shape index (κ1) is 25.7. The molecule has 33 heavy (non-hydrogen) atoms. The van der Waals surface area contributed by atoms with Gasteiger partial charge in [-0.25, -0.2) is 0 Å². The number of Topliss-reactive ketones (excluding diaryl/α,β-unsaturated/α-hetero) is 1. The van der Waals surface area contributed by atoms with Crippen LogP contribution in [0.2, 0.25) is 5.02 Å². The highest BCUT2D eigenvalue weighted by Crippen LogP contribution is 3.02. The Labute approximate surface area is 199 Å². The first-order chi connectivity index (χ1) is 14.9. The third kappa shape index (κ3) is 5.10. The predicted octanol–water partition coefficient (Wildman–Crippen LogP) is 7.12. The second-order valence-corrected chi connectivity index (χ2v) is 12.0. The summed E-state index contributed by atoms with van der Waals surface area (Å²) in [5, 5.41) is -0.265. The van der Waals surface area contributed by atoms with E-state index >= 15 is 0 Å². The maximum atomic E-state index is 13.1. The van der Waals surface area contributed by atoms with E-state index in [-0.39, 0.29) is 38.6 Å². The minimum absolute atomic E-state index is 0.0187. The molecule has 1 atom stereocenters. The van der Waals surface area contributed by atoms with Crippen molar-refractivity contribution < 1.29 is 33.2 Å². The highest BCUT2D eigenvalue weighted by Gasteiger charge is 2.65. The molecule has 1 heterocycles. The molecular weight excluding hydrogens is 581 g/mol. The lowest BCUT2D eigenvalue weighted by Crippen LogP contribution is -2.20. The smallest absolute Gasteiger partial charge is 0.310 e. The molecule has 0 amide bonds. The number of hydrogen-bond donors (Lipinski definition) is 1. The van der Waals surface area contributed by atoms with E-state index in [9.17, 15) is 33.2 Å². The number of hydrogen-bond acceptors (Lipinski definition) is 4. The Morgan fingerprint density at radius 1 is 1.18 bits per heavy atom. The van der Waals surface area contributed by atoms with Crippen molar-refractivity contribution in [3.8, 4) is 5.75 Å². The van der Waals surface area contributed by atoms with Gasteiger partial charge >= 0.3 is 10.2 Å². The average molecular weight is 595 g/mol. The van der Waals surface area contributed by atoms with E-state index in [1.54, 1.807) is 0 Å². The van der Waals surface area contributed by atoms with Crippen molar-refractivity contribution in [2.45, 2.75) is 22.6 Å². The van der Waals surface area contributed by atoms with Gasteiger partial charge in [0.25, 0.3) is 0 Å². The van der Waals surface area contributed by atoms with Gasteiger partial charge in [-0.1, -0.05) is 37.1 Å². The van der Waals surface area contributed by atoms with Gasteiger partial charge in [0.05, 0.1) is 45.2 Å². The quantitative estimate of drug-likeness (QED) is 0.244. The number of pyridine rings is 1. The van der Waals surface area contributed by atoms with Crippen LogP contribution in [0.1, 0.15) is 22.8 Å². The predicted molar refractivity (Wildman–Crippen MR) is 122 cm³/mol. The summed E-state index contributed by atoms with van der Waals surface area (Å²) >= 11 is 9.32. The number of fused-ring (bicyclic) bond motifs is 1. The van der Waals surface area contributed by atoms with Gasteiger partial charge in [0.2, 0.25) is 5.43 Å². The lowest BCUT2D eigenvalue weighted by Gasteiger charge is -2.40. The molecule has 0 radical (unpaired) electrons. The normalized spacial score (nSPS) is 15.1. The highest BCUT2D eigenvalue weighted by atomic mass is 79.9. The van der Waals surface area contributed by atoms with E-state index in [0.717, 1.165) is 14.0 Å². The summed E-state index contributed by atoms with van der Waals surface area (Å²) in [6.07, 6.45) is 0. The van der Waals surface area contributed by atoms with Crippen molar-refractivity contribution in [2.75, 3.05) is 7.11 Å². The number of benzene rings is 2. The van der Waals surface area contributed by atoms with Gasteiger partial charge in [0.1, 0.15) is 15.7 Å². The van der Waals surface area contributed by atoms with Crippen LogP contribution in [0.4, 0.5) is 19.4 Å². The van der Waals surface area contributed by atoms with Crippen molar-refractivity contribution >= 4 is 65.2 Å². The highest BCUT2D eigenvalue weighted by molar-refractivity contribution is 9.10. The van der Waals surface area contributed by atoms with Crippen molar-refractivity contribution in [1.82, 2.24) is 4.98 Å². The first-order valence-electron chi connectivity index (χ1n) is 8.79. The van der Waals surface area contributed by atoms with E-state index in [1.807, 2.05) is 0 Å². The van der Waals surface area contributed by atoms with Crippen molar-refractivity contribution in [2.24, 2.45) is 0 Å². The van der Waals surface area contributed by atoms with E-state index in [1.165, 1.54) is 12.1 Å². The fourth-order valence-corrected chi connectivity index (χ4v) is 5.76. The summed E-state index contributed by atoms with van der Waals surface area (Å²) in [6, 6.07) is 3.95. The third-order valence-corrected chi connectivity index (χ3v) is 8.05. The van der Waals surface area contributed by atoms with Gasteiger partial charge in [-0.15, -0.1) is 0 Å². The second-order valence-electron chi connectivity index (χ2n) is 6.93. The van der Waals surface area contributed by atoms with E-state index in [0.29, 0.717) is 10.5 Å². The third-order valence-electron chi connectivity index (χ3n) is 4.59. The Kier molecular flexibility index (Phi) is 6.05. The molecule has 3 rings (SSSR count). The zero-order valence-electron chi connectivity index (χ0n) is 16.7. The molecule has 1 unspecified atom stereocenters. The molecule has 5 nitrogen and oxygen atoms in total. The lowest BCUT2D eigenvalue weighted by atomic mass is 10.1. The van der Waals surface area contributed by atoms with Gasteiger partial charge in [0.15, 0.2) is 5.78 Å². The van der Waals surface area contributed by atoms with Gasteiger partial charge < -0.3 is 9.72 Å². The molecule has 0 aliphatic heterocycles. The SMILES string of the molecule is COc1cc(S(F)(F)(F)(F)F)ccc1CS(=O)c1[nH]c2c(Br)ccc(Cl)c2c(=O)c1C(C)=O. The van der Waals surface area contributed by atoms with Crippen LogP contribution >= 0.6 is 37.8 Å². The molecule has 2 aromatic carbocycles. The Morgan fingerprint density at radius 3 is 2.36 bits per heavy atom. The Hall–Kier alpha value is -1.96. The summed E-state index contributed by atoms with van der Waals surface area (Å²) in [7, 11) is -11.2. The molecule has 0 aliphatic carbocycles. The van der Waals surface area contributed by atoms with E-state index in [2.05, 4.69) is 20.9 Å². The summed E-state index contributed by atoms with van der Waals surface area (Å²) in [4.78, 5) is 25.7. The summed E-state index contributed by atoms with van der Waals surface area (Å²) < 4.78 is 83.9. The lowest BCUT2D eigenvalue weighted by molar-refractivity contribution is 0.101. The maximum absolute atomic E-state index is 13.1. The van der Waals surface area contributed by atoms with E-state index in [4.69, 9.17) is 16.3 Å². The van der Waals surface area contributed by atoms with Crippen LogP contribution in [0, 0.1) is 0 Å². The van der Waals surface area contributed by atoms with Gasteiger partial charge in [-0.3, -0.25) is 13.8 Å². The zero-order valence-corrected chi connectivity index (χ0v) is 20.7. The molecule has 0 spiro atoms. The van der Waals surface area contributed by atoms with Crippen molar-refractivity contribution in [1.29, 1.82) is 0 Å². The summed E-state index contributed by atoms with van der Waals surface area (Å²) in [5.74, 6) is -1.84. The minimum Gasteiger partial charge on any atom is -0.496 e. The number of rotatable bonds is 6. The molecule has 3 aromatic rings. The molecule has 180 valence electrons. The molecular formula is C19H14BrClF5NO4S2. The fraction of sp³-hybridized carbons (Fsp3) is 0.158. The minimum atomic E-state index is -9.96. The fourth-order valence-electron chi connectivity index (χ4n) is 3.09. The standard InChI is InChI=1S/C19H14BrClF5NO4S2/c1-9(28)15-18(29)16-13(21)6-5-12(20)17(16)27-19(15)32(30)8-10-3-4-11(7-14(10)31-2)33(22,23,24,25)26/h3-7H,8H2,1-2H3,(H,27,29). The van der Waals surface area contributed by atoms with Crippen LogP contribution < -0.4 is 10.2 Å². The van der Waals surface area contributed by atoms with Crippen LogP contribution in [0.5, 0.6) is 5.75 Å². The maximum Gasteiger partial charge on any atom is 0.310 e. The number of carbonyl (C=O) groups excluding carboxylic acids is 1. The molecule has 1 N–H and O–H groups in total. The van der Waals surface area contributed by atoms with Crippen molar-refractivity contribution in [3.05, 3.63) is 61.2 Å². The molecule has 0 aliphatic rings. The first-order valence-corrected chi connectivity index (χ1v) is 13.2. The number of halogens is 7. The number of methoxy groups -OCH3 is 1. The van der Waals surface area contributed by atoms with Crippen LogP contribution in [0.15, 0.2) is 49.5 Å². The number of H-pyrrole nitrogens is 1. The van der Waals surface area contributed by atoms with Crippen molar-refractivity contribution in [3.63, 3.8) is 0 Å². The second kappa shape index (κ2) is 7.79. The topological polar surface area (TPSA) is 76.2 Å².